The monoisotopic (exact) mass is 561 g/mol. The molecule has 1 aromatic carbocycles. The molecule has 1 aromatic rings. The molecule has 2 aliphatic heterocycles. The van der Waals surface area contributed by atoms with Gasteiger partial charge in [-0.1, -0.05) is 11.6 Å². The van der Waals surface area contributed by atoms with Crippen molar-refractivity contribution in [3.05, 3.63) is 23.2 Å². The van der Waals surface area contributed by atoms with Crippen molar-refractivity contribution in [1.82, 2.24) is 10.2 Å². The van der Waals surface area contributed by atoms with Gasteiger partial charge in [-0.15, -0.1) is 0 Å². The minimum atomic E-state index is -4.84. The summed E-state index contributed by atoms with van der Waals surface area (Å²) in [7, 11) is -4.27. The Morgan fingerprint density at radius 2 is 1.89 bits per heavy atom. The van der Waals surface area contributed by atoms with Gasteiger partial charge in [0.2, 0.25) is 11.8 Å². The fourth-order valence-electron chi connectivity index (χ4n) is 4.66. The third kappa shape index (κ3) is 4.53. The van der Waals surface area contributed by atoms with Crippen molar-refractivity contribution >= 4 is 33.3 Å². The quantitative estimate of drug-likeness (QED) is 0.542. The van der Waals surface area contributed by atoms with Crippen LogP contribution in [-0.4, -0.2) is 74.0 Å². The molecule has 2 saturated heterocycles. The smallest absolute Gasteiger partial charge is 0.403 e. The maximum absolute atomic E-state index is 13.7. The Hall–Kier alpha value is -2.56. The number of hydrogen-bond acceptors (Lipinski definition) is 7. The van der Waals surface area contributed by atoms with Crippen LogP contribution in [0.3, 0.4) is 0 Å². The zero-order chi connectivity index (χ0) is 26.8. The number of sulfone groups is 1. The number of carbonyl (C=O) groups excluding carboxylic acids is 2. The highest BCUT2D eigenvalue weighted by Crippen LogP contribution is 2.59. The lowest BCUT2D eigenvalue weighted by Gasteiger charge is -2.29. The van der Waals surface area contributed by atoms with E-state index in [1.54, 1.807) is 0 Å². The fraction of sp³-hybridized carbons (Fsp3) is 0.609. The maximum atomic E-state index is 13.7. The van der Waals surface area contributed by atoms with Gasteiger partial charge in [0.05, 0.1) is 34.5 Å². The molecule has 1 N–H and O–H groups in total. The summed E-state index contributed by atoms with van der Waals surface area (Å²) in [5.74, 6) is -1.84. The summed E-state index contributed by atoms with van der Waals surface area (Å²) in [5, 5.41) is 10.3. The van der Waals surface area contributed by atoms with Gasteiger partial charge in [0.15, 0.2) is 9.84 Å². The highest BCUT2D eigenvalue weighted by Gasteiger charge is 2.70. The minimum absolute atomic E-state index is 0.154. The second kappa shape index (κ2) is 8.74. The first-order valence-electron chi connectivity index (χ1n) is 11.7. The highest BCUT2D eigenvalue weighted by atomic mass is 35.5. The van der Waals surface area contributed by atoms with Crippen LogP contribution in [0.15, 0.2) is 23.1 Å². The number of carbonyl (C=O) groups is 2. The van der Waals surface area contributed by atoms with Crippen LogP contribution in [0.5, 0.6) is 5.75 Å². The summed E-state index contributed by atoms with van der Waals surface area (Å²) in [6, 6.07) is 4.44. The van der Waals surface area contributed by atoms with E-state index in [-0.39, 0.29) is 16.0 Å². The fourth-order valence-corrected chi connectivity index (χ4v) is 6.90. The molecule has 0 unspecified atom stereocenters. The van der Waals surface area contributed by atoms with E-state index in [1.165, 1.54) is 18.2 Å². The molecule has 4 aliphatic rings. The summed E-state index contributed by atoms with van der Waals surface area (Å²) in [4.78, 5) is 26.6. The van der Waals surface area contributed by atoms with Gasteiger partial charge < -0.3 is 19.7 Å². The SMILES string of the molecule is N#CC1(NC(=O)[C@@H]2C[C@@H](S(=O)(=O)c3ccc(OC4COC4)cc3Cl)CN2C(=O)C2(C(F)(F)F)CC2)CC1. The van der Waals surface area contributed by atoms with Crippen molar-refractivity contribution in [1.29, 1.82) is 5.26 Å². The Morgan fingerprint density at radius 1 is 1.22 bits per heavy atom. The summed E-state index contributed by atoms with van der Waals surface area (Å²) in [5.41, 5.74) is -3.77. The Labute approximate surface area is 215 Å². The van der Waals surface area contributed by atoms with E-state index in [9.17, 15) is 36.4 Å². The molecule has 9 nitrogen and oxygen atoms in total. The van der Waals surface area contributed by atoms with E-state index < -0.39 is 75.9 Å². The lowest BCUT2D eigenvalue weighted by Crippen LogP contribution is -2.53. The number of nitrogens with one attached hydrogen (secondary N) is 1. The van der Waals surface area contributed by atoms with E-state index >= 15 is 0 Å². The number of halogens is 4. The van der Waals surface area contributed by atoms with Crippen molar-refractivity contribution in [3.8, 4) is 11.8 Å². The van der Waals surface area contributed by atoms with Crippen LogP contribution < -0.4 is 10.1 Å². The predicted molar refractivity (Wildman–Crippen MR) is 121 cm³/mol. The molecule has 2 heterocycles. The number of likely N-dealkylation sites (tertiary alicyclic amines) is 1. The van der Waals surface area contributed by atoms with Gasteiger partial charge >= 0.3 is 6.18 Å². The zero-order valence-corrected chi connectivity index (χ0v) is 21.0. The Morgan fingerprint density at radius 3 is 2.38 bits per heavy atom. The second-order valence-electron chi connectivity index (χ2n) is 10.0. The van der Waals surface area contributed by atoms with Gasteiger partial charge in [-0.3, -0.25) is 9.59 Å². The van der Waals surface area contributed by atoms with Gasteiger partial charge in [0, 0.05) is 12.6 Å². The molecule has 2 aliphatic carbocycles. The van der Waals surface area contributed by atoms with Crippen molar-refractivity contribution in [2.45, 2.75) is 66.1 Å². The lowest BCUT2D eigenvalue weighted by molar-refractivity contribution is -0.199. The standard InChI is InChI=1S/C23H23ClF3N3O6S/c24-16-7-13(36-14-10-35-11-14)1-2-18(16)37(33,34)15-8-17(19(31)29-21(12-28)3-4-21)30(9-15)20(32)22(5-6-22)23(25,26)27/h1-2,7,14-15,17H,3-6,8-11H2,(H,29,31)/t15-,17+/m1/s1. The summed E-state index contributed by atoms with van der Waals surface area (Å²) in [6.45, 7) is 0.170. The molecule has 0 aromatic heterocycles. The van der Waals surface area contributed by atoms with E-state index in [1.807, 2.05) is 6.07 Å². The first-order chi connectivity index (χ1) is 17.3. The van der Waals surface area contributed by atoms with Crippen LogP contribution >= 0.6 is 11.6 Å². The number of nitrogens with zero attached hydrogens (tertiary/aromatic N) is 2. The van der Waals surface area contributed by atoms with Crippen LogP contribution in [0.1, 0.15) is 32.1 Å². The van der Waals surface area contributed by atoms with Gasteiger partial charge in [-0.25, -0.2) is 8.42 Å². The van der Waals surface area contributed by atoms with Crippen LogP contribution in [0.25, 0.3) is 0 Å². The minimum Gasteiger partial charge on any atom is -0.486 e. The molecule has 2 atom stereocenters. The van der Waals surface area contributed by atoms with Crippen molar-refractivity contribution in [2.24, 2.45) is 5.41 Å². The predicted octanol–water partition coefficient (Wildman–Crippen LogP) is 2.38. The Kier molecular flexibility index (Phi) is 6.16. The number of benzene rings is 1. The Bertz CT molecular complexity index is 1290. The Balaban J connectivity index is 1.42. The third-order valence-electron chi connectivity index (χ3n) is 7.41. The van der Waals surface area contributed by atoms with Crippen LogP contribution in [0.4, 0.5) is 13.2 Å². The number of alkyl halides is 3. The summed E-state index contributed by atoms with van der Waals surface area (Å²) in [6.07, 6.45) is -5.58. The van der Waals surface area contributed by atoms with Gasteiger partial charge in [0.25, 0.3) is 0 Å². The van der Waals surface area contributed by atoms with E-state index in [0.717, 1.165) is 0 Å². The number of nitriles is 1. The largest absolute Gasteiger partial charge is 0.486 e. The number of hydrogen-bond donors (Lipinski definition) is 1. The molecule has 2 saturated carbocycles. The van der Waals surface area contributed by atoms with Crippen molar-refractivity contribution in [3.63, 3.8) is 0 Å². The molecule has 0 spiro atoms. The maximum Gasteiger partial charge on any atom is 0.403 e. The van der Waals surface area contributed by atoms with Crippen molar-refractivity contribution < 1.29 is 40.7 Å². The van der Waals surface area contributed by atoms with Crippen molar-refractivity contribution in [2.75, 3.05) is 19.8 Å². The molecule has 200 valence electrons. The topological polar surface area (TPSA) is 126 Å². The average molecular weight is 562 g/mol. The summed E-state index contributed by atoms with van der Waals surface area (Å²) >= 11 is 6.26. The lowest BCUT2D eigenvalue weighted by atomic mass is 10.0. The zero-order valence-electron chi connectivity index (χ0n) is 19.4. The van der Waals surface area contributed by atoms with Gasteiger partial charge in [0.1, 0.15) is 28.8 Å². The van der Waals surface area contributed by atoms with E-state index in [2.05, 4.69) is 5.32 Å². The second-order valence-corrected chi connectivity index (χ2v) is 12.6. The number of amides is 2. The van der Waals surface area contributed by atoms with Crippen LogP contribution in [0, 0.1) is 16.7 Å². The van der Waals surface area contributed by atoms with E-state index in [4.69, 9.17) is 21.1 Å². The highest BCUT2D eigenvalue weighted by molar-refractivity contribution is 7.92. The third-order valence-corrected chi connectivity index (χ3v) is 10.0. The molecular weight excluding hydrogens is 539 g/mol. The average Bonchev–Trinajstić information content (AvgIpc) is 3.72. The first-order valence-corrected chi connectivity index (χ1v) is 13.6. The number of ether oxygens (including phenoxy) is 2. The molecule has 37 heavy (non-hydrogen) atoms. The molecule has 14 heteroatoms. The van der Waals surface area contributed by atoms with Crippen LogP contribution in [-0.2, 0) is 24.2 Å². The van der Waals surface area contributed by atoms with Crippen LogP contribution in [0.2, 0.25) is 5.02 Å². The van der Waals surface area contributed by atoms with Gasteiger partial charge in [-0.2, -0.15) is 18.4 Å². The molecule has 0 bridgehead atoms. The number of rotatable bonds is 7. The molecule has 2 amide bonds. The molecule has 0 radical (unpaired) electrons. The van der Waals surface area contributed by atoms with E-state index in [0.29, 0.717) is 36.7 Å². The van der Waals surface area contributed by atoms with Gasteiger partial charge in [-0.05, 0) is 44.2 Å². The summed E-state index contributed by atoms with van der Waals surface area (Å²) < 4.78 is 78.9. The normalized spacial score (nSPS) is 26.1. The molecular formula is C23H23ClF3N3O6S. The molecule has 5 rings (SSSR count). The molecule has 4 fully saturated rings. The first kappa shape index (κ1) is 26.1.